The van der Waals surface area contributed by atoms with Crippen LogP contribution in [0, 0.1) is 0 Å². The number of carbonyl (C=O) groups is 4. The fraction of sp³-hybridized carbons (Fsp3) is 0.333. The Labute approximate surface area is 241 Å². The lowest BCUT2D eigenvalue weighted by molar-refractivity contribution is -0.135. The maximum Gasteiger partial charge on any atom is 0.339 e. The first-order chi connectivity index (χ1) is 17.0. The van der Waals surface area contributed by atoms with E-state index in [9.17, 15) is 29.4 Å². The van der Waals surface area contributed by atoms with Gasteiger partial charge in [0, 0.05) is 21.8 Å². The van der Waals surface area contributed by atoms with Gasteiger partial charge in [-0.2, -0.15) is 0 Å². The van der Waals surface area contributed by atoms with Crippen molar-refractivity contribution in [3.63, 3.8) is 0 Å². The van der Waals surface area contributed by atoms with Gasteiger partial charge in [0.1, 0.15) is 11.1 Å². The van der Waals surface area contributed by atoms with E-state index in [2.05, 4.69) is 63.7 Å². The summed E-state index contributed by atoms with van der Waals surface area (Å²) in [5, 5.41) is 18.6. The zero-order chi connectivity index (χ0) is 26.8. The summed E-state index contributed by atoms with van der Waals surface area (Å²) >= 11 is 12.9. The molecule has 2 N–H and O–H groups in total. The Morgan fingerprint density at radius 2 is 0.917 bits per heavy atom. The molecule has 0 fully saturated rings. The zero-order valence-corrected chi connectivity index (χ0v) is 25.2. The number of halogens is 4. The average Bonchev–Trinajstić information content (AvgIpc) is 2.78. The first-order valence-corrected chi connectivity index (χ1v) is 14.0. The van der Waals surface area contributed by atoms with Crippen LogP contribution in [-0.2, 0) is 9.59 Å². The van der Waals surface area contributed by atoms with Crippen molar-refractivity contribution in [2.45, 2.75) is 51.4 Å². The molecule has 0 saturated carbocycles. The predicted octanol–water partition coefficient (Wildman–Crippen LogP) is 7.76. The van der Waals surface area contributed by atoms with Gasteiger partial charge >= 0.3 is 23.9 Å². The summed E-state index contributed by atoms with van der Waals surface area (Å²) in [5.74, 6) is -3.46. The van der Waals surface area contributed by atoms with E-state index in [4.69, 9.17) is 9.47 Å². The molecule has 0 aliphatic heterocycles. The van der Waals surface area contributed by atoms with Crippen LogP contribution in [0.4, 0.5) is 0 Å². The molecule has 0 radical (unpaired) electrons. The fourth-order valence-electron chi connectivity index (χ4n) is 3.22. The quantitative estimate of drug-likeness (QED) is 0.121. The molecular formula is C24H22Br4O8. The number of benzene rings is 2. The lowest BCUT2D eigenvalue weighted by atomic mass is 10.1. The molecule has 36 heavy (non-hydrogen) atoms. The highest BCUT2D eigenvalue weighted by Crippen LogP contribution is 2.34. The van der Waals surface area contributed by atoms with Crippen LogP contribution in [0.3, 0.4) is 0 Å². The summed E-state index contributed by atoms with van der Waals surface area (Å²) in [7, 11) is 0. The van der Waals surface area contributed by atoms with E-state index in [0.29, 0.717) is 30.7 Å². The highest BCUT2D eigenvalue weighted by atomic mass is 79.9. The number of ether oxygens (including phenoxy) is 2. The molecule has 0 unspecified atom stereocenters. The largest absolute Gasteiger partial charge is 0.478 e. The minimum absolute atomic E-state index is 0.0202. The second-order valence-electron chi connectivity index (χ2n) is 7.71. The molecule has 0 aliphatic rings. The van der Waals surface area contributed by atoms with E-state index < -0.39 is 23.9 Å². The molecular weight excluding hydrogens is 736 g/mol. The molecule has 12 heteroatoms. The number of carboxylic acids is 2. The molecule has 2 aromatic carbocycles. The minimum Gasteiger partial charge on any atom is -0.478 e. The van der Waals surface area contributed by atoms with Crippen LogP contribution in [-0.4, -0.2) is 34.1 Å². The lowest BCUT2D eigenvalue weighted by Gasteiger charge is -2.10. The van der Waals surface area contributed by atoms with Crippen molar-refractivity contribution < 1.29 is 38.9 Å². The molecule has 0 bridgehead atoms. The second-order valence-corrected chi connectivity index (χ2v) is 11.2. The standard InChI is InChI=1S/C24H22Br4O8/c25-13-9-15(23(31)32)21(17(27)11-13)35-19(29)7-5-3-1-2-4-6-8-20(30)36-22-16(24(33)34)10-14(26)12-18(22)28/h9-12H,1-8H2,(H,31,32)(H,33,34). The van der Waals surface area contributed by atoms with E-state index in [0.717, 1.165) is 25.7 Å². The smallest absolute Gasteiger partial charge is 0.339 e. The molecule has 0 aliphatic carbocycles. The summed E-state index contributed by atoms with van der Waals surface area (Å²) < 4.78 is 12.4. The fourth-order valence-corrected chi connectivity index (χ4v) is 5.83. The number of carbonyl (C=O) groups excluding carboxylic acids is 2. The molecule has 2 aromatic rings. The number of esters is 2. The predicted molar refractivity (Wildman–Crippen MR) is 146 cm³/mol. The summed E-state index contributed by atoms with van der Waals surface area (Å²) in [5.41, 5.74) is -0.232. The number of rotatable bonds is 13. The number of unbranched alkanes of at least 4 members (excludes halogenated alkanes) is 5. The maximum atomic E-state index is 12.2. The van der Waals surface area contributed by atoms with Gasteiger partial charge in [0.2, 0.25) is 0 Å². The van der Waals surface area contributed by atoms with Gasteiger partial charge < -0.3 is 19.7 Å². The number of hydrogen-bond acceptors (Lipinski definition) is 6. The molecule has 0 amide bonds. The third-order valence-corrected chi connectivity index (χ3v) is 7.01. The van der Waals surface area contributed by atoms with Crippen LogP contribution in [0.15, 0.2) is 42.2 Å². The van der Waals surface area contributed by atoms with Crippen molar-refractivity contribution >= 4 is 87.6 Å². The van der Waals surface area contributed by atoms with Crippen molar-refractivity contribution in [2.24, 2.45) is 0 Å². The van der Waals surface area contributed by atoms with E-state index in [1.807, 2.05) is 0 Å². The van der Waals surface area contributed by atoms with E-state index in [-0.39, 0.29) is 35.5 Å². The SMILES string of the molecule is O=C(CCCCCCCCC(=O)Oc1c(Br)cc(Br)cc1C(=O)O)Oc1c(Br)cc(Br)cc1C(=O)O. The third kappa shape index (κ3) is 9.60. The Hall–Kier alpha value is -1.76. The molecule has 0 aromatic heterocycles. The van der Waals surface area contributed by atoms with Crippen molar-refractivity contribution in [3.8, 4) is 11.5 Å². The molecule has 0 spiro atoms. The zero-order valence-electron chi connectivity index (χ0n) is 18.8. The average molecular weight is 758 g/mol. The van der Waals surface area contributed by atoms with Gasteiger partial charge in [0.05, 0.1) is 8.95 Å². The highest BCUT2D eigenvalue weighted by Gasteiger charge is 2.20. The molecule has 2 rings (SSSR count). The van der Waals surface area contributed by atoms with Crippen LogP contribution in [0.1, 0.15) is 72.1 Å². The number of hydrogen-bond donors (Lipinski definition) is 2. The Bertz CT molecular complexity index is 1060. The van der Waals surface area contributed by atoms with E-state index in [1.165, 1.54) is 12.1 Å². The van der Waals surface area contributed by atoms with Crippen LogP contribution in [0.2, 0.25) is 0 Å². The summed E-state index contributed by atoms with van der Waals surface area (Å²) in [4.78, 5) is 47.1. The Kier molecular flexibility index (Phi) is 12.6. The van der Waals surface area contributed by atoms with Gasteiger partial charge in [-0.25, -0.2) is 9.59 Å². The van der Waals surface area contributed by atoms with Gasteiger partial charge in [-0.15, -0.1) is 0 Å². The van der Waals surface area contributed by atoms with Crippen molar-refractivity contribution in [2.75, 3.05) is 0 Å². The highest BCUT2D eigenvalue weighted by molar-refractivity contribution is 9.11. The lowest BCUT2D eigenvalue weighted by Crippen LogP contribution is -2.12. The van der Waals surface area contributed by atoms with Gasteiger partial charge in [0.25, 0.3) is 0 Å². The summed E-state index contributed by atoms with van der Waals surface area (Å²) in [6, 6.07) is 5.95. The van der Waals surface area contributed by atoms with Crippen molar-refractivity contribution in [3.05, 3.63) is 53.3 Å². The molecule has 0 heterocycles. The number of aromatic carboxylic acids is 2. The normalized spacial score (nSPS) is 10.7. The van der Waals surface area contributed by atoms with Gasteiger partial charge in [-0.1, -0.05) is 57.5 Å². The van der Waals surface area contributed by atoms with Crippen LogP contribution >= 0.6 is 63.7 Å². The maximum absolute atomic E-state index is 12.2. The van der Waals surface area contributed by atoms with E-state index in [1.54, 1.807) is 12.1 Å². The monoisotopic (exact) mass is 754 g/mol. The minimum atomic E-state index is -1.20. The Morgan fingerprint density at radius 1 is 0.583 bits per heavy atom. The second kappa shape index (κ2) is 14.8. The van der Waals surface area contributed by atoms with Crippen LogP contribution < -0.4 is 9.47 Å². The first kappa shape index (κ1) is 30.5. The molecule has 0 atom stereocenters. The number of carboxylic acid groups (broad SMARTS) is 2. The van der Waals surface area contributed by atoms with Crippen LogP contribution in [0.25, 0.3) is 0 Å². The molecule has 194 valence electrons. The van der Waals surface area contributed by atoms with E-state index >= 15 is 0 Å². The van der Waals surface area contributed by atoms with Gasteiger partial charge in [-0.3, -0.25) is 9.59 Å². The third-order valence-electron chi connectivity index (χ3n) is 4.92. The Morgan fingerprint density at radius 3 is 1.25 bits per heavy atom. The van der Waals surface area contributed by atoms with Gasteiger partial charge in [-0.05, 0) is 69.0 Å². The molecule has 8 nitrogen and oxygen atoms in total. The summed E-state index contributed by atoms with van der Waals surface area (Å²) in [6.07, 6.45) is 4.75. The van der Waals surface area contributed by atoms with Crippen molar-refractivity contribution in [1.82, 2.24) is 0 Å². The van der Waals surface area contributed by atoms with Crippen LogP contribution in [0.5, 0.6) is 11.5 Å². The summed E-state index contributed by atoms with van der Waals surface area (Å²) in [6.45, 7) is 0. The molecule has 0 saturated heterocycles. The topological polar surface area (TPSA) is 127 Å². The Balaban J connectivity index is 1.67. The van der Waals surface area contributed by atoms with Crippen molar-refractivity contribution in [1.29, 1.82) is 0 Å². The van der Waals surface area contributed by atoms with Gasteiger partial charge in [0.15, 0.2) is 11.5 Å². The first-order valence-electron chi connectivity index (χ1n) is 10.9.